The maximum absolute atomic E-state index is 10.9. The maximum Gasteiger partial charge on any atom is 0.232 e. The third-order valence-electron chi connectivity index (χ3n) is 4.63. The second kappa shape index (κ2) is 10.3. The van der Waals surface area contributed by atoms with Gasteiger partial charge in [0.05, 0.1) is 29.6 Å². The van der Waals surface area contributed by atoms with E-state index in [2.05, 4.69) is 15.6 Å². The third-order valence-corrected chi connectivity index (χ3v) is 5.87. The zero-order valence-electron chi connectivity index (χ0n) is 16.5. The SMILES string of the molecule is CCOCc1nc2cnc3ccccc3c2n1CCOCCCCCS(=O)(=O)Cl. The van der Waals surface area contributed by atoms with Crippen molar-refractivity contribution in [2.24, 2.45) is 0 Å². The topological polar surface area (TPSA) is 83.3 Å². The van der Waals surface area contributed by atoms with E-state index in [9.17, 15) is 8.42 Å². The lowest BCUT2D eigenvalue weighted by Gasteiger charge is -2.11. The largest absolute Gasteiger partial charge is 0.380 e. The highest BCUT2D eigenvalue weighted by atomic mass is 35.7. The van der Waals surface area contributed by atoms with Crippen molar-refractivity contribution in [2.45, 2.75) is 39.3 Å². The zero-order valence-corrected chi connectivity index (χ0v) is 18.1. The normalized spacial score (nSPS) is 12.2. The number of nitrogens with zero attached hydrogens (tertiary/aromatic N) is 3. The molecule has 2 heterocycles. The average molecular weight is 440 g/mol. The predicted octanol–water partition coefficient (Wildman–Crippen LogP) is 3.88. The number of pyridine rings is 1. The van der Waals surface area contributed by atoms with Gasteiger partial charge in [-0.15, -0.1) is 0 Å². The number of fused-ring (bicyclic) bond motifs is 3. The number of rotatable bonds is 12. The van der Waals surface area contributed by atoms with Crippen LogP contribution in [0.15, 0.2) is 30.5 Å². The fourth-order valence-electron chi connectivity index (χ4n) is 3.27. The molecule has 9 heteroatoms. The number of imidazole rings is 1. The number of unbranched alkanes of at least 4 members (excludes halogenated alkanes) is 2. The van der Waals surface area contributed by atoms with Crippen LogP contribution in [-0.2, 0) is 31.7 Å². The molecular weight excluding hydrogens is 414 g/mol. The molecule has 0 bridgehead atoms. The summed E-state index contributed by atoms with van der Waals surface area (Å²) in [6.45, 7) is 4.79. The Morgan fingerprint density at radius 3 is 2.69 bits per heavy atom. The van der Waals surface area contributed by atoms with Crippen molar-refractivity contribution >= 4 is 41.7 Å². The Morgan fingerprint density at radius 2 is 1.90 bits per heavy atom. The summed E-state index contributed by atoms with van der Waals surface area (Å²) in [6.07, 6.45) is 3.93. The lowest BCUT2D eigenvalue weighted by molar-refractivity contribution is 0.111. The smallest absolute Gasteiger partial charge is 0.232 e. The van der Waals surface area contributed by atoms with E-state index in [1.807, 2.05) is 25.1 Å². The summed E-state index contributed by atoms with van der Waals surface area (Å²) >= 11 is 0. The highest BCUT2D eigenvalue weighted by molar-refractivity contribution is 8.13. The summed E-state index contributed by atoms with van der Waals surface area (Å²) in [5.41, 5.74) is 2.82. The van der Waals surface area contributed by atoms with Gasteiger partial charge < -0.3 is 14.0 Å². The fraction of sp³-hybridized carbons (Fsp3) is 0.500. The first-order valence-corrected chi connectivity index (χ1v) is 12.3. The Balaban J connectivity index is 1.65. The van der Waals surface area contributed by atoms with Crippen molar-refractivity contribution in [3.05, 3.63) is 36.3 Å². The van der Waals surface area contributed by atoms with E-state index in [1.165, 1.54) is 0 Å². The van der Waals surface area contributed by atoms with E-state index < -0.39 is 9.05 Å². The van der Waals surface area contributed by atoms with Gasteiger partial charge in [-0.2, -0.15) is 0 Å². The molecule has 0 saturated carbocycles. The van der Waals surface area contributed by atoms with Crippen LogP contribution < -0.4 is 0 Å². The zero-order chi connectivity index (χ0) is 20.7. The molecule has 7 nitrogen and oxygen atoms in total. The Bertz CT molecular complexity index is 1050. The van der Waals surface area contributed by atoms with Gasteiger partial charge in [0, 0.05) is 35.8 Å². The molecular formula is C20H26ClN3O4S. The molecule has 158 valence electrons. The van der Waals surface area contributed by atoms with Crippen LogP contribution in [0.3, 0.4) is 0 Å². The van der Waals surface area contributed by atoms with Gasteiger partial charge >= 0.3 is 0 Å². The summed E-state index contributed by atoms with van der Waals surface area (Å²) in [5, 5.41) is 1.06. The molecule has 29 heavy (non-hydrogen) atoms. The first kappa shape index (κ1) is 22.0. The van der Waals surface area contributed by atoms with Crippen molar-refractivity contribution < 1.29 is 17.9 Å². The van der Waals surface area contributed by atoms with Gasteiger partial charge in [0.15, 0.2) is 0 Å². The molecule has 0 saturated heterocycles. The van der Waals surface area contributed by atoms with Gasteiger partial charge in [0.2, 0.25) is 9.05 Å². The van der Waals surface area contributed by atoms with Crippen LogP contribution >= 0.6 is 10.7 Å². The molecule has 0 unspecified atom stereocenters. The molecule has 1 aromatic carbocycles. The fourth-order valence-corrected chi connectivity index (χ4v) is 4.14. The molecule has 0 amide bonds. The van der Waals surface area contributed by atoms with Crippen molar-refractivity contribution in [3.63, 3.8) is 0 Å². The third kappa shape index (κ3) is 6.12. The molecule has 0 aliphatic heterocycles. The summed E-state index contributed by atoms with van der Waals surface area (Å²) in [4.78, 5) is 9.21. The van der Waals surface area contributed by atoms with Crippen LogP contribution in [0.5, 0.6) is 0 Å². The predicted molar refractivity (Wildman–Crippen MR) is 115 cm³/mol. The monoisotopic (exact) mass is 439 g/mol. The number of halogens is 1. The number of para-hydroxylation sites is 1. The number of ether oxygens (including phenoxy) is 2. The van der Waals surface area contributed by atoms with E-state index in [0.717, 1.165) is 40.6 Å². The Morgan fingerprint density at radius 1 is 1.07 bits per heavy atom. The summed E-state index contributed by atoms with van der Waals surface area (Å²) in [5.74, 6) is 0.869. The van der Waals surface area contributed by atoms with Crippen LogP contribution in [-0.4, -0.2) is 48.5 Å². The van der Waals surface area contributed by atoms with Gasteiger partial charge in [0.25, 0.3) is 0 Å². The molecule has 0 atom stereocenters. The highest BCUT2D eigenvalue weighted by Gasteiger charge is 2.14. The van der Waals surface area contributed by atoms with E-state index in [4.69, 9.17) is 25.1 Å². The van der Waals surface area contributed by atoms with Gasteiger partial charge in [-0.3, -0.25) is 4.98 Å². The van der Waals surface area contributed by atoms with Crippen molar-refractivity contribution in [2.75, 3.05) is 25.6 Å². The minimum absolute atomic E-state index is 0.0114. The van der Waals surface area contributed by atoms with Gasteiger partial charge in [-0.25, -0.2) is 13.4 Å². The lowest BCUT2D eigenvalue weighted by Crippen LogP contribution is -2.11. The molecule has 0 fully saturated rings. The summed E-state index contributed by atoms with van der Waals surface area (Å²) < 4.78 is 35.3. The summed E-state index contributed by atoms with van der Waals surface area (Å²) in [6, 6.07) is 8.02. The van der Waals surface area contributed by atoms with Crippen LogP contribution in [0.4, 0.5) is 0 Å². The Labute approximate surface area is 175 Å². The average Bonchev–Trinajstić information content (AvgIpc) is 3.05. The van der Waals surface area contributed by atoms with Crippen molar-refractivity contribution in [1.82, 2.24) is 14.5 Å². The van der Waals surface area contributed by atoms with Crippen LogP contribution in [0.25, 0.3) is 21.9 Å². The van der Waals surface area contributed by atoms with Crippen molar-refractivity contribution in [1.29, 1.82) is 0 Å². The van der Waals surface area contributed by atoms with Gasteiger partial charge in [-0.05, 0) is 25.8 Å². The minimum Gasteiger partial charge on any atom is -0.380 e. The lowest BCUT2D eigenvalue weighted by atomic mass is 10.2. The second-order valence-corrected chi connectivity index (χ2v) is 9.64. The number of hydrogen-bond acceptors (Lipinski definition) is 6. The van der Waals surface area contributed by atoms with E-state index in [0.29, 0.717) is 39.4 Å². The second-order valence-electron chi connectivity index (χ2n) is 6.74. The quantitative estimate of drug-likeness (QED) is 0.314. The molecule has 0 radical (unpaired) electrons. The Hall–Kier alpha value is -1.74. The number of hydrogen-bond donors (Lipinski definition) is 0. The molecule has 0 N–H and O–H groups in total. The van der Waals surface area contributed by atoms with Crippen LogP contribution in [0.1, 0.15) is 32.0 Å². The van der Waals surface area contributed by atoms with E-state index in [1.54, 1.807) is 6.20 Å². The van der Waals surface area contributed by atoms with E-state index >= 15 is 0 Å². The highest BCUT2D eigenvalue weighted by Crippen LogP contribution is 2.25. The molecule has 0 aliphatic carbocycles. The Kier molecular flexibility index (Phi) is 7.83. The molecule has 0 spiro atoms. The molecule has 2 aromatic heterocycles. The van der Waals surface area contributed by atoms with Gasteiger partial charge in [-0.1, -0.05) is 24.6 Å². The first-order valence-electron chi connectivity index (χ1n) is 9.80. The van der Waals surface area contributed by atoms with Crippen LogP contribution in [0, 0.1) is 0 Å². The number of benzene rings is 1. The summed E-state index contributed by atoms with van der Waals surface area (Å²) in [7, 11) is 1.81. The first-order chi connectivity index (χ1) is 14.0. The van der Waals surface area contributed by atoms with Crippen molar-refractivity contribution in [3.8, 4) is 0 Å². The minimum atomic E-state index is -3.40. The van der Waals surface area contributed by atoms with Crippen LogP contribution in [0.2, 0.25) is 0 Å². The molecule has 0 aliphatic rings. The van der Waals surface area contributed by atoms with E-state index in [-0.39, 0.29) is 5.75 Å². The van der Waals surface area contributed by atoms with Gasteiger partial charge in [0.1, 0.15) is 17.9 Å². The maximum atomic E-state index is 10.9. The molecule has 3 aromatic rings. The number of aromatic nitrogens is 3. The molecule has 3 rings (SSSR count). The standard InChI is InChI=1S/C20H26ClN3O4S/c1-2-27-15-19-23-18-14-22-17-9-5-4-8-16(17)20(18)24(19)10-12-28-11-6-3-7-13-29(21,25)26/h4-5,8-9,14H,2-3,6-7,10-13,15H2,1H3.